The number of hydrogen-bond acceptors (Lipinski definition) is 4. The van der Waals surface area contributed by atoms with Gasteiger partial charge >= 0.3 is 0 Å². The molecule has 0 spiro atoms. The number of anilines is 2. The minimum Gasteiger partial charge on any atom is -0.307 e. The average molecular weight is 870 g/mol. The highest BCUT2D eigenvalue weighted by molar-refractivity contribution is 6.15. The summed E-state index contributed by atoms with van der Waals surface area (Å²) in [5.41, 5.74) is 16.7. The van der Waals surface area contributed by atoms with Crippen LogP contribution in [0.1, 0.15) is 11.5 Å². The van der Waals surface area contributed by atoms with Gasteiger partial charge in [-0.1, -0.05) is 218 Å². The van der Waals surface area contributed by atoms with Gasteiger partial charge in [0.25, 0.3) is 0 Å². The number of nitrogens with zero attached hydrogens (tertiary/aromatic N) is 5. The molecule has 68 heavy (non-hydrogen) atoms. The summed E-state index contributed by atoms with van der Waals surface area (Å²) in [5, 5.41) is 2.36. The van der Waals surface area contributed by atoms with Crippen molar-refractivity contribution in [3.8, 4) is 73.0 Å². The van der Waals surface area contributed by atoms with Crippen molar-refractivity contribution >= 4 is 33.4 Å². The van der Waals surface area contributed by atoms with Crippen molar-refractivity contribution in [2.24, 2.45) is 0 Å². The molecule has 5 heteroatoms. The molecule has 0 fully saturated rings. The summed E-state index contributed by atoms with van der Waals surface area (Å²) in [6.45, 7) is 0. The predicted molar refractivity (Wildman–Crippen MR) is 280 cm³/mol. The van der Waals surface area contributed by atoms with Gasteiger partial charge < -0.3 is 9.47 Å². The Balaban J connectivity index is 1.06. The van der Waals surface area contributed by atoms with Gasteiger partial charge in [0.1, 0.15) is 0 Å². The minimum absolute atomic E-state index is 0.0649. The number of aromatic nitrogens is 4. The number of hydrogen-bond donors (Lipinski definition) is 0. The van der Waals surface area contributed by atoms with E-state index in [2.05, 4.69) is 258 Å². The normalized spacial score (nSPS) is 14.9. The molecule has 2 unspecified atom stereocenters. The van der Waals surface area contributed by atoms with Gasteiger partial charge in [-0.05, 0) is 74.8 Å². The summed E-state index contributed by atoms with van der Waals surface area (Å²) >= 11 is 0. The van der Waals surface area contributed by atoms with Gasteiger partial charge in [-0.15, -0.1) is 0 Å². The zero-order chi connectivity index (χ0) is 45.0. The van der Waals surface area contributed by atoms with E-state index in [1.165, 1.54) is 27.5 Å². The highest BCUT2D eigenvalue weighted by atomic mass is 15.3. The number of benzene rings is 9. The lowest BCUT2D eigenvalue weighted by Gasteiger charge is -2.28. The molecule has 0 saturated carbocycles. The Morgan fingerprint density at radius 3 is 1.50 bits per heavy atom. The summed E-state index contributed by atoms with van der Waals surface area (Å²) < 4.78 is 2.49. The molecule has 2 aliphatic rings. The monoisotopic (exact) mass is 869 g/mol. The third-order valence-corrected chi connectivity index (χ3v) is 13.6. The van der Waals surface area contributed by atoms with E-state index in [4.69, 9.17) is 15.0 Å². The maximum Gasteiger partial charge on any atom is 0.234 e. The molecule has 2 atom stereocenters. The summed E-state index contributed by atoms with van der Waals surface area (Å²) in [6.07, 6.45) is 8.98. The van der Waals surface area contributed by atoms with Crippen LogP contribution in [0, 0.1) is 0 Å². The molecular formula is C63H43N5. The lowest BCUT2D eigenvalue weighted by atomic mass is 9.91. The fourth-order valence-electron chi connectivity index (χ4n) is 10.4. The van der Waals surface area contributed by atoms with Crippen LogP contribution in [0.2, 0.25) is 0 Å². The summed E-state index contributed by atoms with van der Waals surface area (Å²) in [4.78, 5) is 18.8. The van der Waals surface area contributed by atoms with E-state index in [-0.39, 0.29) is 12.0 Å². The Labute approximate surface area is 395 Å². The van der Waals surface area contributed by atoms with Crippen molar-refractivity contribution in [1.29, 1.82) is 0 Å². The van der Waals surface area contributed by atoms with E-state index in [0.29, 0.717) is 17.6 Å². The number of rotatable bonds is 8. The van der Waals surface area contributed by atoms with Gasteiger partial charge in [0.2, 0.25) is 5.95 Å². The van der Waals surface area contributed by atoms with E-state index >= 15 is 0 Å². The first-order valence-corrected chi connectivity index (χ1v) is 23.3. The molecular weight excluding hydrogens is 827 g/mol. The molecule has 0 amide bonds. The Bertz CT molecular complexity index is 3660. The van der Waals surface area contributed by atoms with Crippen LogP contribution in [0.5, 0.6) is 0 Å². The summed E-state index contributed by atoms with van der Waals surface area (Å²) in [5.74, 6) is 1.89. The van der Waals surface area contributed by atoms with Crippen LogP contribution in [-0.2, 0) is 0 Å². The van der Waals surface area contributed by atoms with Crippen molar-refractivity contribution in [3.05, 3.63) is 254 Å². The van der Waals surface area contributed by atoms with Crippen LogP contribution in [0.25, 0.3) is 94.8 Å². The molecule has 9 aromatic carbocycles. The van der Waals surface area contributed by atoms with Crippen LogP contribution in [-0.4, -0.2) is 25.6 Å². The molecule has 0 saturated heterocycles. The Hall–Kier alpha value is -8.93. The molecule has 5 nitrogen and oxygen atoms in total. The lowest BCUT2D eigenvalue weighted by molar-refractivity contribution is 0.728. The van der Waals surface area contributed by atoms with Crippen molar-refractivity contribution in [2.45, 2.75) is 12.0 Å². The third-order valence-electron chi connectivity index (χ3n) is 13.6. The standard InChI is InChI=1S/C63H43N5/c1-4-19-42(20-5-1)45-25-16-28-48(39-45)51-31-10-13-34-56(51)67-57-35-14-11-32-52(57)54-37-38-55-53-33-12-15-36-58(53)68(60(55)59(54)67)63-65-61(49-29-17-26-46(40-49)43-21-6-2-7-22-43)64-62(66-63)50-30-18-27-47(41-50)44-23-8-3-9-24-44/h1-41,53,58H. The second kappa shape index (κ2) is 16.5. The molecule has 0 bridgehead atoms. The van der Waals surface area contributed by atoms with Gasteiger partial charge in [-0.3, -0.25) is 0 Å². The zero-order valence-corrected chi connectivity index (χ0v) is 37.1. The average Bonchev–Trinajstić information content (AvgIpc) is 3.95. The summed E-state index contributed by atoms with van der Waals surface area (Å²) in [7, 11) is 0. The van der Waals surface area contributed by atoms with Crippen LogP contribution >= 0.6 is 0 Å². The lowest BCUT2D eigenvalue weighted by Crippen LogP contribution is -2.30. The smallest absolute Gasteiger partial charge is 0.234 e. The molecule has 13 rings (SSSR count). The maximum absolute atomic E-state index is 5.52. The van der Waals surface area contributed by atoms with E-state index in [1.54, 1.807) is 0 Å². The SMILES string of the molecule is C1=CC2c3ccc4c5ccccc5n(-c5ccccc5-c5cccc(-c6ccccc6)c5)c4c3N(c3nc(-c4cccc(-c5ccccc5)c4)nc(-c4cccc(-c5ccccc5)c4)n3)C2C=C1. The zero-order valence-electron chi connectivity index (χ0n) is 37.1. The van der Waals surface area contributed by atoms with Crippen molar-refractivity contribution in [3.63, 3.8) is 0 Å². The fourth-order valence-corrected chi connectivity index (χ4v) is 10.4. The maximum atomic E-state index is 5.52. The van der Waals surface area contributed by atoms with E-state index in [9.17, 15) is 0 Å². The second-order valence-corrected chi connectivity index (χ2v) is 17.5. The Morgan fingerprint density at radius 1 is 0.368 bits per heavy atom. The van der Waals surface area contributed by atoms with E-state index < -0.39 is 0 Å². The molecule has 320 valence electrons. The van der Waals surface area contributed by atoms with Gasteiger partial charge in [-0.2, -0.15) is 9.97 Å². The van der Waals surface area contributed by atoms with Gasteiger partial charge in [0.15, 0.2) is 11.6 Å². The minimum atomic E-state index is -0.0840. The highest BCUT2D eigenvalue weighted by Gasteiger charge is 2.42. The van der Waals surface area contributed by atoms with Gasteiger partial charge in [0, 0.05) is 33.4 Å². The molecule has 1 aliphatic heterocycles. The number of allylic oxidation sites excluding steroid dienone is 2. The largest absolute Gasteiger partial charge is 0.307 e. The Kier molecular flexibility index (Phi) is 9.57. The predicted octanol–water partition coefficient (Wildman–Crippen LogP) is 15.7. The molecule has 11 aromatic rings. The number of fused-ring (bicyclic) bond motifs is 7. The van der Waals surface area contributed by atoms with E-state index in [0.717, 1.165) is 66.9 Å². The Morgan fingerprint density at radius 2 is 0.868 bits per heavy atom. The quantitative estimate of drug-likeness (QED) is 0.153. The number of para-hydroxylation sites is 2. The molecule has 3 heterocycles. The first-order valence-electron chi connectivity index (χ1n) is 23.3. The van der Waals surface area contributed by atoms with E-state index in [1.807, 2.05) is 0 Å². The third kappa shape index (κ3) is 6.75. The topological polar surface area (TPSA) is 46.8 Å². The van der Waals surface area contributed by atoms with Crippen molar-refractivity contribution in [2.75, 3.05) is 4.90 Å². The summed E-state index contributed by atoms with van der Waals surface area (Å²) in [6, 6.07) is 79.8. The molecule has 1 aliphatic carbocycles. The van der Waals surface area contributed by atoms with Crippen molar-refractivity contribution in [1.82, 2.24) is 19.5 Å². The van der Waals surface area contributed by atoms with Crippen LogP contribution in [0.3, 0.4) is 0 Å². The van der Waals surface area contributed by atoms with Crippen LogP contribution in [0.4, 0.5) is 11.6 Å². The van der Waals surface area contributed by atoms with Gasteiger partial charge in [0.05, 0.1) is 28.5 Å². The first-order chi connectivity index (χ1) is 33.7. The van der Waals surface area contributed by atoms with Gasteiger partial charge in [-0.25, -0.2) is 4.98 Å². The fraction of sp³-hybridized carbons (Fsp3) is 0.0317. The second-order valence-electron chi connectivity index (χ2n) is 17.5. The molecule has 0 N–H and O–H groups in total. The van der Waals surface area contributed by atoms with Crippen molar-refractivity contribution < 1.29 is 0 Å². The molecule has 0 radical (unpaired) electrons. The molecule has 2 aromatic heterocycles. The first kappa shape index (κ1) is 39.4. The van der Waals surface area contributed by atoms with Crippen LogP contribution < -0.4 is 4.90 Å². The highest BCUT2D eigenvalue weighted by Crippen LogP contribution is 2.53. The van der Waals surface area contributed by atoms with Crippen LogP contribution in [0.15, 0.2) is 249 Å².